The fourth-order valence-electron chi connectivity index (χ4n) is 6.95. The first-order valence-corrected chi connectivity index (χ1v) is 20.9. The lowest BCUT2D eigenvalue weighted by atomic mass is 9.96. The van der Waals surface area contributed by atoms with Gasteiger partial charge in [0.2, 0.25) is 41.4 Å². The van der Waals surface area contributed by atoms with Gasteiger partial charge in [0.15, 0.2) is 6.10 Å². The van der Waals surface area contributed by atoms with Gasteiger partial charge in [-0.15, -0.1) is 0 Å². The Hall–Kier alpha value is -5.63. The number of nitrogens with zero attached hydrogens (tertiary/aromatic N) is 1. The standard InChI is InChI=1S/C42H66N8O12/c1-9-24(6)34(40(59)48-33(23(4)5)42(61)62-8)49-39(58)31-16-13-17-50(31)41(60)35(54)27(19-26-14-11-10-12-15-26)45-37(56)29(20-32(43)53)47-36(55)28(18-22(2)3)46-38(57)30(21-51)44-25(7)52/h10-12,14-15,22-24,27-31,33-35,51,54H,9,13,16-21H2,1-8H3,(H2,43,53)(H,44,52)(H,45,56)(H,46,57)(H,47,55)(H,48,59)(H,49,58)/t24-,27-,28-,29-,30-,31-,33-,34-,35+/m0/s1. The molecule has 0 unspecified atom stereocenters. The van der Waals surface area contributed by atoms with Gasteiger partial charge in [0.25, 0.3) is 5.91 Å². The SMILES string of the molecule is CC[C@H](C)[C@H](NC(=O)[C@@H]1CCCN1C(=O)[C@H](O)[C@H](Cc1ccccc1)NC(=O)[C@H](CC(N)=O)NC(=O)[C@H](CC(C)C)NC(=O)[C@H](CO)NC(C)=O)C(=O)N[C@H](C(=O)OC)C(C)C. The molecule has 1 aromatic rings. The fourth-order valence-corrected chi connectivity index (χ4v) is 6.95. The third kappa shape index (κ3) is 16.0. The van der Waals surface area contributed by atoms with E-state index in [1.165, 1.54) is 12.0 Å². The van der Waals surface area contributed by atoms with E-state index in [2.05, 4.69) is 31.9 Å². The van der Waals surface area contributed by atoms with E-state index in [0.29, 0.717) is 18.4 Å². The minimum Gasteiger partial charge on any atom is -0.467 e. The summed E-state index contributed by atoms with van der Waals surface area (Å²) in [6.07, 6.45) is -1.72. The fraction of sp³-hybridized carbons (Fsp3) is 0.643. The van der Waals surface area contributed by atoms with E-state index in [-0.39, 0.29) is 37.6 Å². The maximum atomic E-state index is 14.2. The van der Waals surface area contributed by atoms with Crippen molar-refractivity contribution in [2.75, 3.05) is 20.3 Å². The summed E-state index contributed by atoms with van der Waals surface area (Å²) in [5, 5.41) is 36.5. The Morgan fingerprint density at radius 3 is 1.94 bits per heavy atom. The molecule has 0 aliphatic carbocycles. The number of hydrogen-bond donors (Lipinski definition) is 9. The molecule has 0 spiro atoms. The van der Waals surface area contributed by atoms with Gasteiger partial charge in [-0.25, -0.2) is 4.79 Å². The topological polar surface area (TPSA) is 305 Å². The summed E-state index contributed by atoms with van der Waals surface area (Å²) in [6.45, 7) is 11.0. The van der Waals surface area contributed by atoms with Crippen molar-refractivity contribution in [3.63, 3.8) is 0 Å². The van der Waals surface area contributed by atoms with Gasteiger partial charge in [0.05, 0.1) is 26.2 Å². The summed E-state index contributed by atoms with van der Waals surface area (Å²) in [6, 6.07) is -0.376. The average molecular weight is 875 g/mol. The first kappa shape index (κ1) is 52.5. The molecule has 62 heavy (non-hydrogen) atoms. The number of ether oxygens (including phenoxy) is 1. The first-order valence-electron chi connectivity index (χ1n) is 20.9. The Morgan fingerprint density at radius 1 is 0.806 bits per heavy atom. The lowest BCUT2D eigenvalue weighted by Crippen LogP contribution is -2.61. The molecule has 20 nitrogen and oxygen atoms in total. The molecule has 1 heterocycles. The highest BCUT2D eigenvalue weighted by Crippen LogP contribution is 2.22. The largest absolute Gasteiger partial charge is 0.467 e. The summed E-state index contributed by atoms with van der Waals surface area (Å²) in [4.78, 5) is 119. The Labute approximate surface area is 362 Å². The Kier molecular flexibility index (Phi) is 21.5. The molecule has 2 rings (SSSR count). The normalized spacial score (nSPS) is 17.5. The first-order chi connectivity index (χ1) is 29.1. The van der Waals surface area contributed by atoms with Crippen molar-refractivity contribution in [3.8, 4) is 0 Å². The van der Waals surface area contributed by atoms with E-state index in [9.17, 15) is 53.4 Å². The van der Waals surface area contributed by atoms with Crippen molar-refractivity contribution >= 4 is 53.2 Å². The summed E-state index contributed by atoms with van der Waals surface area (Å²) < 4.78 is 4.84. The number of amides is 8. The molecule has 9 atom stereocenters. The average Bonchev–Trinajstić information content (AvgIpc) is 3.72. The number of aliphatic hydroxyl groups is 2. The molecule has 1 aliphatic rings. The summed E-state index contributed by atoms with van der Waals surface area (Å²) in [7, 11) is 1.20. The number of primary amides is 1. The molecular weight excluding hydrogens is 809 g/mol. The van der Waals surface area contributed by atoms with Crippen LogP contribution in [0.2, 0.25) is 0 Å². The third-order valence-corrected chi connectivity index (χ3v) is 10.6. The highest BCUT2D eigenvalue weighted by atomic mass is 16.5. The molecule has 0 bridgehead atoms. The number of rotatable bonds is 24. The molecule has 0 radical (unpaired) electrons. The number of likely N-dealkylation sites (tertiary alicyclic amines) is 1. The molecule has 346 valence electrons. The van der Waals surface area contributed by atoms with Crippen LogP contribution in [-0.4, -0.2) is 137 Å². The Balaban J connectivity index is 2.40. The van der Waals surface area contributed by atoms with Gasteiger partial charge < -0.3 is 57.5 Å². The van der Waals surface area contributed by atoms with Gasteiger partial charge in [0.1, 0.15) is 36.3 Å². The summed E-state index contributed by atoms with van der Waals surface area (Å²) in [5.41, 5.74) is 6.06. The molecule has 1 fully saturated rings. The number of methoxy groups -OCH3 is 1. The van der Waals surface area contributed by atoms with Gasteiger partial charge in [0, 0.05) is 13.5 Å². The maximum absolute atomic E-state index is 14.2. The predicted octanol–water partition coefficient (Wildman–Crippen LogP) is -1.70. The van der Waals surface area contributed by atoms with E-state index < -0.39 is 121 Å². The molecule has 10 N–H and O–H groups in total. The van der Waals surface area contributed by atoms with Crippen molar-refractivity contribution < 1.29 is 58.1 Å². The molecular formula is C42H66N8O12. The van der Waals surface area contributed by atoms with Gasteiger partial charge in [-0.3, -0.25) is 38.4 Å². The van der Waals surface area contributed by atoms with Gasteiger partial charge in [-0.05, 0) is 49.0 Å². The monoisotopic (exact) mass is 874 g/mol. The lowest BCUT2D eigenvalue weighted by molar-refractivity contribution is -0.148. The zero-order chi connectivity index (χ0) is 46.8. The zero-order valence-electron chi connectivity index (χ0n) is 36.9. The van der Waals surface area contributed by atoms with Crippen molar-refractivity contribution in [2.24, 2.45) is 23.5 Å². The van der Waals surface area contributed by atoms with Crippen molar-refractivity contribution in [2.45, 2.75) is 135 Å². The minimum absolute atomic E-state index is 0.0455. The van der Waals surface area contributed by atoms with Crippen LogP contribution in [0.4, 0.5) is 0 Å². The maximum Gasteiger partial charge on any atom is 0.328 e. The number of esters is 1. The second-order valence-corrected chi connectivity index (χ2v) is 16.4. The second-order valence-electron chi connectivity index (χ2n) is 16.4. The van der Waals surface area contributed by atoms with Crippen LogP contribution >= 0.6 is 0 Å². The van der Waals surface area contributed by atoms with Crippen LogP contribution in [0.3, 0.4) is 0 Å². The number of nitrogens with one attached hydrogen (secondary N) is 6. The van der Waals surface area contributed by atoms with Crippen LogP contribution in [0.1, 0.15) is 86.1 Å². The number of carbonyl (C=O) groups is 9. The second kappa shape index (κ2) is 25.3. The number of nitrogens with two attached hydrogens (primary N) is 1. The van der Waals surface area contributed by atoms with Gasteiger partial charge >= 0.3 is 5.97 Å². The molecule has 1 aromatic carbocycles. The number of aliphatic hydroxyl groups excluding tert-OH is 2. The van der Waals surface area contributed by atoms with Crippen LogP contribution in [-0.2, 0) is 54.3 Å². The predicted molar refractivity (Wildman–Crippen MR) is 225 cm³/mol. The van der Waals surface area contributed by atoms with E-state index in [4.69, 9.17) is 10.5 Å². The van der Waals surface area contributed by atoms with E-state index in [0.717, 1.165) is 6.92 Å². The van der Waals surface area contributed by atoms with Crippen LogP contribution in [0.25, 0.3) is 0 Å². The molecule has 8 amide bonds. The minimum atomic E-state index is -1.96. The van der Waals surface area contributed by atoms with Crippen LogP contribution < -0.4 is 37.6 Å². The molecule has 1 aliphatic heterocycles. The summed E-state index contributed by atoms with van der Waals surface area (Å²) >= 11 is 0. The Bertz CT molecular complexity index is 1730. The van der Waals surface area contributed by atoms with Crippen molar-refractivity contribution in [3.05, 3.63) is 35.9 Å². The lowest BCUT2D eigenvalue weighted by Gasteiger charge is -2.33. The molecule has 20 heteroatoms. The number of carbonyl (C=O) groups excluding carboxylic acids is 9. The Morgan fingerprint density at radius 2 is 1.40 bits per heavy atom. The van der Waals surface area contributed by atoms with Crippen molar-refractivity contribution in [1.82, 2.24) is 36.8 Å². The van der Waals surface area contributed by atoms with Gasteiger partial charge in [-0.2, -0.15) is 0 Å². The van der Waals surface area contributed by atoms with E-state index in [1.807, 2.05) is 6.92 Å². The molecule has 0 aromatic heterocycles. The van der Waals surface area contributed by atoms with Gasteiger partial charge in [-0.1, -0.05) is 78.3 Å². The molecule has 1 saturated heterocycles. The zero-order valence-corrected chi connectivity index (χ0v) is 36.9. The highest BCUT2D eigenvalue weighted by molar-refractivity contribution is 5.97. The highest BCUT2D eigenvalue weighted by Gasteiger charge is 2.42. The quantitative estimate of drug-likeness (QED) is 0.0526. The smallest absolute Gasteiger partial charge is 0.328 e. The van der Waals surface area contributed by atoms with E-state index >= 15 is 0 Å². The number of benzene rings is 1. The summed E-state index contributed by atoms with van der Waals surface area (Å²) in [5.74, 6) is -8.12. The van der Waals surface area contributed by atoms with Crippen LogP contribution in [0, 0.1) is 17.8 Å². The third-order valence-electron chi connectivity index (χ3n) is 10.6. The van der Waals surface area contributed by atoms with Crippen LogP contribution in [0.15, 0.2) is 30.3 Å². The van der Waals surface area contributed by atoms with Crippen molar-refractivity contribution in [1.29, 1.82) is 0 Å². The molecule has 0 saturated carbocycles. The number of hydrogen-bond acceptors (Lipinski definition) is 12. The van der Waals surface area contributed by atoms with Crippen LogP contribution in [0.5, 0.6) is 0 Å². The van der Waals surface area contributed by atoms with E-state index in [1.54, 1.807) is 65.0 Å².